The van der Waals surface area contributed by atoms with Gasteiger partial charge in [-0.1, -0.05) is 41.6 Å². The minimum absolute atomic E-state index is 0.0447. The molecule has 1 atom stereocenters. The van der Waals surface area contributed by atoms with Crippen LogP contribution in [0.3, 0.4) is 0 Å². The molecule has 140 valence electrons. The van der Waals surface area contributed by atoms with Crippen LogP contribution in [-0.4, -0.2) is 15.6 Å². The number of nitrogens with one attached hydrogen (secondary N) is 1. The van der Waals surface area contributed by atoms with Gasteiger partial charge in [0, 0.05) is 29.7 Å². The maximum absolute atomic E-state index is 12.8. The van der Waals surface area contributed by atoms with Crippen LogP contribution in [0.2, 0.25) is 0 Å². The van der Waals surface area contributed by atoms with Crippen LogP contribution in [-0.2, 0) is 4.79 Å². The summed E-state index contributed by atoms with van der Waals surface area (Å²) in [4.78, 5) is 12.8. The molecule has 5 nitrogen and oxygen atoms in total. The summed E-state index contributed by atoms with van der Waals surface area (Å²) < 4.78 is 7.27. The highest BCUT2D eigenvalue weighted by Gasteiger charge is 2.19. The third-order valence-corrected chi connectivity index (χ3v) is 4.78. The van der Waals surface area contributed by atoms with Crippen molar-refractivity contribution in [2.75, 3.05) is 5.32 Å². The molecule has 4 aromatic rings. The number of hydrogen-bond donors (Lipinski definition) is 1. The lowest BCUT2D eigenvalue weighted by Gasteiger charge is -2.21. The van der Waals surface area contributed by atoms with Crippen molar-refractivity contribution >= 4 is 11.6 Å². The van der Waals surface area contributed by atoms with Crippen molar-refractivity contribution in [1.82, 2.24) is 9.72 Å². The maximum Gasteiger partial charge on any atom is 0.226 e. The van der Waals surface area contributed by atoms with Crippen molar-refractivity contribution in [3.05, 3.63) is 96.4 Å². The van der Waals surface area contributed by atoms with Gasteiger partial charge in [0.25, 0.3) is 0 Å². The summed E-state index contributed by atoms with van der Waals surface area (Å²) in [5.74, 6) is 0.623. The van der Waals surface area contributed by atoms with Crippen molar-refractivity contribution in [2.45, 2.75) is 19.4 Å². The van der Waals surface area contributed by atoms with E-state index in [1.807, 2.05) is 60.9 Å². The molecule has 0 aliphatic heterocycles. The summed E-state index contributed by atoms with van der Waals surface area (Å²) >= 11 is 0. The number of anilines is 1. The molecular formula is C23H21N3O2. The van der Waals surface area contributed by atoms with E-state index in [0.29, 0.717) is 12.2 Å². The van der Waals surface area contributed by atoms with Gasteiger partial charge in [-0.3, -0.25) is 4.79 Å². The molecule has 0 bridgehead atoms. The van der Waals surface area contributed by atoms with Gasteiger partial charge in [-0.2, -0.15) is 0 Å². The molecule has 2 heterocycles. The predicted octanol–water partition coefficient (Wildman–Crippen LogP) is 5.07. The Hall–Kier alpha value is -3.60. The number of nitrogens with zero attached hydrogens (tertiary/aromatic N) is 2. The minimum atomic E-state index is -0.0614. The van der Waals surface area contributed by atoms with E-state index in [0.717, 1.165) is 16.8 Å². The van der Waals surface area contributed by atoms with E-state index >= 15 is 0 Å². The molecule has 0 aliphatic rings. The Morgan fingerprint density at radius 2 is 1.89 bits per heavy atom. The van der Waals surface area contributed by atoms with E-state index in [2.05, 4.69) is 34.1 Å². The molecule has 2 aromatic heterocycles. The van der Waals surface area contributed by atoms with Crippen LogP contribution in [0.25, 0.3) is 11.3 Å². The summed E-state index contributed by atoms with van der Waals surface area (Å²) in [5, 5.41) is 6.75. The van der Waals surface area contributed by atoms with Crippen LogP contribution in [0.15, 0.2) is 89.8 Å². The van der Waals surface area contributed by atoms with Crippen molar-refractivity contribution in [1.29, 1.82) is 0 Å². The largest absolute Gasteiger partial charge is 0.356 e. The van der Waals surface area contributed by atoms with Crippen LogP contribution in [0.5, 0.6) is 0 Å². The van der Waals surface area contributed by atoms with E-state index in [1.165, 1.54) is 5.56 Å². The van der Waals surface area contributed by atoms with Crippen molar-refractivity contribution in [3.8, 4) is 11.3 Å². The van der Waals surface area contributed by atoms with Crippen LogP contribution in [0.1, 0.15) is 23.6 Å². The number of amides is 1. The molecule has 0 saturated heterocycles. The van der Waals surface area contributed by atoms with Gasteiger partial charge < -0.3 is 14.4 Å². The van der Waals surface area contributed by atoms with Gasteiger partial charge in [-0.15, -0.1) is 0 Å². The van der Waals surface area contributed by atoms with Crippen molar-refractivity contribution in [3.63, 3.8) is 0 Å². The highest BCUT2D eigenvalue weighted by Crippen LogP contribution is 2.27. The number of carbonyl (C=O) groups excluding carboxylic acids is 1. The van der Waals surface area contributed by atoms with Crippen LogP contribution >= 0.6 is 0 Å². The highest BCUT2D eigenvalue weighted by molar-refractivity contribution is 5.92. The zero-order valence-corrected chi connectivity index (χ0v) is 15.6. The molecule has 4 rings (SSSR count). The molecule has 1 N–H and O–H groups in total. The smallest absolute Gasteiger partial charge is 0.226 e. The fraction of sp³-hybridized carbons (Fsp3) is 0.130. The minimum Gasteiger partial charge on any atom is -0.356 e. The van der Waals surface area contributed by atoms with Gasteiger partial charge >= 0.3 is 0 Å². The Morgan fingerprint density at radius 3 is 2.64 bits per heavy atom. The number of hydrogen-bond acceptors (Lipinski definition) is 3. The average molecular weight is 371 g/mol. The highest BCUT2D eigenvalue weighted by atomic mass is 16.5. The number of carbonyl (C=O) groups is 1. The van der Waals surface area contributed by atoms with Gasteiger partial charge in [0.15, 0.2) is 5.76 Å². The Bertz CT molecular complexity index is 1050. The molecule has 28 heavy (non-hydrogen) atoms. The standard InChI is InChI=1S/C23H21N3O2/c1-17-7-2-3-10-20(17)21(26-13-4-5-14-26)16-23(27)25-19-9-6-8-18(15-19)22-11-12-24-28-22/h2-15,21H,16H2,1H3,(H,25,27)/t21-/m1/s1. The Kier molecular flexibility index (Phi) is 5.06. The maximum atomic E-state index is 12.8. The zero-order valence-electron chi connectivity index (χ0n) is 15.6. The summed E-state index contributed by atoms with van der Waals surface area (Å²) in [6.07, 6.45) is 5.93. The first-order chi connectivity index (χ1) is 13.7. The number of benzene rings is 2. The lowest BCUT2D eigenvalue weighted by molar-refractivity contribution is -0.116. The molecule has 0 aliphatic carbocycles. The molecule has 0 unspecified atom stereocenters. The van der Waals surface area contributed by atoms with E-state index in [1.54, 1.807) is 12.3 Å². The van der Waals surface area contributed by atoms with Gasteiger partial charge in [0.2, 0.25) is 5.91 Å². The van der Waals surface area contributed by atoms with Crippen LogP contribution in [0, 0.1) is 6.92 Å². The Morgan fingerprint density at radius 1 is 1.07 bits per heavy atom. The summed E-state index contributed by atoms with van der Waals surface area (Å²) in [6.45, 7) is 2.07. The summed E-state index contributed by atoms with van der Waals surface area (Å²) in [5.41, 5.74) is 3.91. The SMILES string of the molecule is Cc1ccccc1[C@@H](CC(=O)Nc1cccc(-c2ccno2)c1)n1cccc1. The quantitative estimate of drug-likeness (QED) is 0.515. The predicted molar refractivity (Wildman–Crippen MR) is 109 cm³/mol. The molecule has 1 amide bonds. The van der Waals surface area contributed by atoms with E-state index in [-0.39, 0.29) is 11.9 Å². The number of aryl methyl sites for hydroxylation is 1. The molecule has 0 radical (unpaired) electrons. The first-order valence-corrected chi connectivity index (χ1v) is 9.19. The fourth-order valence-corrected chi connectivity index (χ4v) is 3.39. The van der Waals surface area contributed by atoms with E-state index in [9.17, 15) is 4.79 Å². The Balaban J connectivity index is 1.54. The number of rotatable bonds is 6. The monoisotopic (exact) mass is 371 g/mol. The van der Waals surface area contributed by atoms with Crippen LogP contribution in [0.4, 0.5) is 5.69 Å². The number of aromatic nitrogens is 2. The van der Waals surface area contributed by atoms with Gasteiger partial charge in [-0.25, -0.2) is 0 Å². The second kappa shape index (κ2) is 7.96. The fourth-order valence-electron chi connectivity index (χ4n) is 3.39. The second-order valence-electron chi connectivity index (χ2n) is 6.71. The normalized spacial score (nSPS) is 11.9. The first kappa shape index (κ1) is 17.8. The average Bonchev–Trinajstić information content (AvgIpc) is 3.41. The van der Waals surface area contributed by atoms with Crippen LogP contribution < -0.4 is 5.32 Å². The molecule has 0 spiro atoms. The zero-order chi connectivity index (χ0) is 19.3. The Labute approximate surface area is 163 Å². The topological polar surface area (TPSA) is 60.1 Å². The lowest BCUT2D eigenvalue weighted by atomic mass is 9.98. The molecule has 2 aromatic carbocycles. The lowest BCUT2D eigenvalue weighted by Crippen LogP contribution is -2.20. The molecule has 0 saturated carbocycles. The third kappa shape index (κ3) is 3.88. The van der Waals surface area contributed by atoms with Gasteiger partial charge in [-0.05, 0) is 42.3 Å². The summed E-state index contributed by atoms with van der Waals surface area (Å²) in [7, 11) is 0. The van der Waals surface area contributed by atoms with E-state index < -0.39 is 0 Å². The van der Waals surface area contributed by atoms with Crippen molar-refractivity contribution in [2.24, 2.45) is 0 Å². The van der Waals surface area contributed by atoms with Crippen molar-refractivity contribution < 1.29 is 9.32 Å². The van der Waals surface area contributed by atoms with Gasteiger partial charge in [0.1, 0.15) is 0 Å². The summed E-state index contributed by atoms with van der Waals surface area (Å²) in [6, 6.07) is 21.4. The molecular weight excluding hydrogens is 350 g/mol. The molecule has 0 fully saturated rings. The van der Waals surface area contributed by atoms with Gasteiger partial charge in [0.05, 0.1) is 18.7 Å². The molecule has 5 heteroatoms. The third-order valence-electron chi connectivity index (χ3n) is 4.78. The van der Waals surface area contributed by atoms with E-state index in [4.69, 9.17) is 4.52 Å². The second-order valence-corrected chi connectivity index (χ2v) is 6.71. The first-order valence-electron chi connectivity index (χ1n) is 9.19.